The van der Waals surface area contributed by atoms with E-state index < -0.39 is 0 Å². The number of halogens is 1. The summed E-state index contributed by atoms with van der Waals surface area (Å²) in [4.78, 5) is 7.23. The Bertz CT molecular complexity index is 977. The molecule has 1 aromatic carbocycles. The van der Waals surface area contributed by atoms with Crippen LogP contribution in [0.15, 0.2) is 54.7 Å². The molecule has 0 unspecified atom stereocenters. The SMILES string of the molecule is Cc1nc2ccccn2c1C1=CCN(Cc2ccc(C(C)(C)C)cc2)CC1.Cl. The zero-order valence-electron chi connectivity index (χ0n) is 17.3. The van der Waals surface area contributed by atoms with Crippen molar-refractivity contribution < 1.29 is 0 Å². The van der Waals surface area contributed by atoms with Crippen molar-refractivity contribution in [1.29, 1.82) is 0 Å². The highest BCUT2D eigenvalue weighted by Gasteiger charge is 2.18. The summed E-state index contributed by atoms with van der Waals surface area (Å²) < 4.78 is 2.22. The molecule has 0 fully saturated rings. The van der Waals surface area contributed by atoms with Gasteiger partial charge in [0.05, 0.1) is 11.4 Å². The molecule has 0 radical (unpaired) electrons. The third kappa shape index (κ3) is 4.16. The molecule has 28 heavy (non-hydrogen) atoms. The maximum absolute atomic E-state index is 4.71. The molecule has 0 N–H and O–H groups in total. The maximum atomic E-state index is 4.71. The number of hydrogen-bond donors (Lipinski definition) is 0. The number of rotatable bonds is 3. The standard InChI is InChI=1S/C24H29N3.ClH/c1-18-23(27-14-6-5-7-22(27)25-18)20-12-15-26(16-13-20)17-19-8-10-21(11-9-19)24(2,3)4;/h5-12,14H,13,15-17H2,1-4H3;1H. The minimum absolute atomic E-state index is 0. The van der Waals surface area contributed by atoms with Crippen molar-refractivity contribution >= 4 is 23.6 Å². The zero-order valence-corrected chi connectivity index (χ0v) is 18.1. The molecule has 3 nitrogen and oxygen atoms in total. The predicted octanol–water partition coefficient (Wildman–Crippen LogP) is 5.65. The molecule has 148 valence electrons. The van der Waals surface area contributed by atoms with Crippen LogP contribution in [0.3, 0.4) is 0 Å². The number of pyridine rings is 1. The Balaban J connectivity index is 0.00000225. The van der Waals surface area contributed by atoms with Crippen molar-refractivity contribution in [3.05, 3.63) is 77.3 Å². The Morgan fingerprint density at radius 1 is 1.04 bits per heavy atom. The van der Waals surface area contributed by atoms with Gasteiger partial charge in [-0.3, -0.25) is 9.30 Å². The van der Waals surface area contributed by atoms with E-state index in [1.807, 2.05) is 6.07 Å². The summed E-state index contributed by atoms with van der Waals surface area (Å²) in [5.74, 6) is 0. The second-order valence-corrected chi connectivity index (χ2v) is 8.64. The Morgan fingerprint density at radius 2 is 1.79 bits per heavy atom. The Labute approximate surface area is 174 Å². The lowest BCUT2D eigenvalue weighted by Crippen LogP contribution is -2.28. The number of hydrogen-bond acceptors (Lipinski definition) is 2. The number of aromatic nitrogens is 2. The molecular weight excluding hydrogens is 366 g/mol. The lowest BCUT2D eigenvalue weighted by molar-refractivity contribution is 0.293. The largest absolute Gasteiger partial charge is 0.300 e. The fourth-order valence-electron chi connectivity index (χ4n) is 3.94. The fraction of sp³-hybridized carbons (Fsp3) is 0.375. The first-order valence-corrected chi connectivity index (χ1v) is 9.87. The molecule has 3 heterocycles. The third-order valence-corrected chi connectivity index (χ3v) is 5.53. The van der Waals surface area contributed by atoms with Gasteiger partial charge in [-0.2, -0.15) is 0 Å². The lowest BCUT2D eigenvalue weighted by atomic mass is 9.86. The second kappa shape index (κ2) is 8.10. The van der Waals surface area contributed by atoms with Gasteiger partial charge in [0, 0.05) is 25.8 Å². The molecule has 1 aliphatic heterocycles. The van der Waals surface area contributed by atoms with E-state index in [4.69, 9.17) is 4.98 Å². The summed E-state index contributed by atoms with van der Waals surface area (Å²) in [7, 11) is 0. The molecule has 0 amide bonds. The van der Waals surface area contributed by atoms with Crippen LogP contribution < -0.4 is 0 Å². The van der Waals surface area contributed by atoms with Crippen LogP contribution in [-0.4, -0.2) is 27.4 Å². The van der Waals surface area contributed by atoms with Gasteiger partial charge in [-0.05, 0) is 47.6 Å². The fourth-order valence-corrected chi connectivity index (χ4v) is 3.94. The highest BCUT2D eigenvalue weighted by Crippen LogP contribution is 2.27. The average molecular weight is 396 g/mol. The van der Waals surface area contributed by atoms with E-state index in [9.17, 15) is 0 Å². The molecule has 4 rings (SSSR count). The van der Waals surface area contributed by atoms with E-state index in [0.717, 1.165) is 37.4 Å². The molecule has 3 aromatic rings. The predicted molar refractivity (Wildman–Crippen MR) is 120 cm³/mol. The van der Waals surface area contributed by atoms with Gasteiger partial charge in [-0.25, -0.2) is 4.98 Å². The number of nitrogens with zero attached hydrogens (tertiary/aromatic N) is 3. The second-order valence-electron chi connectivity index (χ2n) is 8.64. The van der Waals surface area contributed by atoms with E-state index >= 15 is 0 Å². The van der Waals surface area contributed by atoms with Crippen LogP contribution in [0.4, 0.5) is 0 Å². The minimum atomic E-state index is 0. The van der Waals surface area contributed by atoms with Crippen LogP contribution >= 0.6 is 12.4 Å². The first-order chi connectivity index (χ1) is 12.9. The molecular formula is C24H30ClN3. The zero-order chi connectivity index (χ0) is 19.0. The molecule has 4 heteroatoms. The van der Waals surface area contributed by atoms with E-state index in [-0.39, 0.29) is 17.8 Å². The van der Waals surface area contributed by atoms with Crippen molar-refractivity contribution in [2.45, 2.75) is 46.1 Å². The van der Waals surface area contributed by atoms with Crippen LogP contribution in [0.5, 0.6) is 0 Å². The molecule has 2 aromatic heterocycles. The quantitative estimate of drug-likeness (QED) is 0.571. The minimum Gasteiger partial charge on any atom is -0.300 e. The number of benzene rings is 1. The van der Waals surface area contributed by atoms with Crippen molar-refractivity contribution in [3.8, 4) is 0 Å². The van der Waals surface area contributed by atoms with Gasteiger partial charge in [0.1, 0.15) is 5.65 Å². The van der Waals surface area contributed by atoms with Gasteiger partial charge in [0.2, 0.25) is 0 Å². The summed E-state index contributed by atoms with van der Waals surface area (Å²) in [5, 5.41) is 0. The smallest absolute Gasteiger partial charge is 0.137 e. The van der Waals surface area contributed by atoms with Crippen molar-refractivity contribution in [2.24, 2.45) is 0 Å². The molecule has 0 saturated heterocycles. The number of imidazole rings is 1. The summed E-state index contributed by atoms with van der Waals surface area (Å²) in [6.07, 6.45) is 5.58. The molecule has 0 bridgehead atoms. The maximum Gasteiger partial charge on any atom is 0.137 e. The van der Waals surface area contributed by atoms with Gasteiger partial charge in [-0.1, -0.05) is 57.2 Å². The third-order valence-electron chi connectivity index (χ3n) is 5.53. The van der Waals surface area contributed by atoms with E-state index in [0.29, 0.717) is 0 Å². The van der Waals surface area contributed by atoms with Crippen LogP contribution in [0.1, 0.15) is 49.7 Å². The number of fused-ring (bicyclic) bond motifs is 1. The Hall–Kier alpha value is -2.10. The Kier molecular flexibility index (Phi) is 5.97. The first-order valence-electron chi connectivity index (χ1n) is 9.87. The summed E-state index contributed by atoms with van der Waals surface area (Å²) in [6, 6.07) is 15.3. The summed E-state index contributed by atoms with van der Waals surface area (Å²) in [6.45, 7) is 12.0. The van der Waals surface area contributed by atoms with Crippen LogP contribution in [0.25, 0.3) is 11.2 Å². The number of aryl methyl sites for hydroxylation is 1. The highest BCUT2D eigenvalue weighted by molar-refractivity contribution is 5.85. The first kappa shape index (κ1) is 20.6. The van der Waals surface area contributed by atoms with E-state index in [1.54, 1.807) is 0 Å². The molecule has 0 atom stereocenters. The van der Waals surface area contributed by atoms with Crippen LogP contribution in [-0.2, 0) is 12.0 Å². The van der Waals surface area contributed by atoms with Gasteiger partial charge in [0.25, 0.3) is 0 Å². The van der Waals surface area contributed by atoms with Gasteiger partial charge in [-0.15, -0.1) is 12.4 Å². The highest BCUT2D eigenvalue weighted by atomic mass is 35.5. The van der Waals surface area contributed by atoms with Crippen molar-refractivity contribution in [3.63, 3.8) is 0 Å². The lowest BCUT2D eigenvalue weighted by Gasteiger charge is -2.27. The van der Waals surface area contributed by atoms with Crippen molar-refractivity contribution in [2.75, 3.05) is 13.1 Å². The Morgan fingerprint density at radius 3 is 2.43 bits per heavy atom. The van der Waals surface area contributed by atoms with Crippen LogP contribution in [0, 0.1) is 6.92 Å². The van der Waals surface area contributed by atoms with Crippen molar-refractivity contribution in [1.82, 2.24) is 14.3 Å². The van der Waals surface area contributed by atoms with Gasteiger partial charge < -0.3 is 0 Å². The molecule has 0 spiro atoms. The monoisotopic (exact) mass is 395 g/mol. The molecule has 0 saturated carbocycles. The molecule has 0 aliphatic carbocycles. The van der Waals surface area contributed by atoms with Gasteiger partial charge >= 0.3 is 0 Å². The van der Waals surface area contributed by atoms with Gasteiger partial charge in [0.15, 0.2) is 0 Å². The van der Waals surface area contributed by atoms with Crippen LogP contribution in [0.2, 0.25) is 0 Å². The van der Waals surface area contributed by atoms with E-state index in [1.165, 1.54) is 22.4 Å². The van der Waals surface area contributed by atoms with E-state index in [2.05, 4.69) is 85.7 Å². The topological polar surface area (TPSA) is 20.5 Å². The summed E-state index contributed by atoms with van der Waals surface area (Å²) >= 11 is 0. The normalized spacial score (nSPS) is 15.4. The molecule has 1 aliphatic rings. The summed E-state index contributed by atoms with van der Waals surface area (Å²) in [5.41, 5.74) is 7.87. The average Bonchev–Trinajstić information content (AvgIpc) is 2.98.